The van der Waals surface area contributed by atoms with Crippen molar-refractivity contribution in [3.8, 4) is 0 Å². The van der Waals surface area contributed by atoms with Gasteiger partial charge in [0.25, 0.3) is 0 Å². The van der Waals surface area contributed by atoms with E-state index in [0.717, 1.165) is 17.7 Å². The number of aryl methyl sites for hydroxylation is 1. The largest absolute Gasteiger partial charge is 0.389 e. The van der Waals surface area contributed by atoms with Crippen LogP contribution in [0.15, 0.2) is 17.7 Å². The molecule has 0 saturated carbocycles. The van der Waals surface area contributed by atoms with Gasteiger partial charge in [-0.05, 0) is 13.8 Å². The van der Waals surface area contributed by atoms with E-state index in [1.165, 1.54) is 4.88 Å². The van der Waals surface area contributed by atoms with Crippen LogP contribution in [0.3, 0.4) is 0 Å². The van der Waals surface area contributed by atoms with Gasteiger partial charge in [0.05, 0.1) is 43.7 Å². The molecule has 2 N–H and O–H groups in total. The Morgan fingerprint density at radius 1 is 1.48 bits per heavy atom. The first kappa shape index (κ1) is 18.3. The zero-order valence-corrected chi connectivity index (χ0v) is 13.7. The molecule has 120 valence electrons. The van der Waals surface area contributed by atoms with Crippen LogP contribution in [-0.4, -0.2) is 55.7 Å². The van der Waals surface area contributed by atoms with Gasteiger partial charge in [0.1, 0.15) is 0 Å². The van der Waals surface area contributed by atoms with E-state index in [-0.39, 0.29) is 0 Å². The van der Waals surface area contributed by atoms with E-state index in [1.807, 2.05) is 19.4 Å². The molecule has 0 saturated heterocycles. The zero-order valence-electron chi connectivity index (χ0n) is 12.9. The van der Waals surface area contributed by atoms with Gasteiger partial charge in [-0.2, -0.15) is 0 Å². The maximum Gasteiger partial charge on any atom is 0.0897 e. The minimum Gasteiger partial charge on any atom is -0.389 e. The molecule has 5 nitrogen and oxygen atoms in total. The molecule has 1 aromatic rings. The molecule has 1 heterocycles. The van der Waals surface area contributed by atoms with Crippen LogP contribution in [0.25, 0.3) is 0 Å². The summed E-state index contributed by atoms with van der Waals surface area (Å²) in [4.78, 5) is 5.44. The number of nitrogens with one attached hydrogen (secondary N) is 1. The van der Waals surface area contributed by atoms with E-state index in [0.29, 0.717) is 39.5 Å². The number of hydrogen-bond donors (Lipinski definition) is 2. The molecule has 0 aliphatic carbocycles. The number of aliphatic hydroxyl groups excluding tert-OH is 1. The average Bonchev–Trinajstić information content (AvgIpc) is 2.84. The number of aromatic nitrogens is 1. The lowest BCUT2D eigenvalue weighted by Gasteiger charge is -2.12. The molecule has 1 aromatic heterocycles. The van der Waals surface area contributed by atoms with E-state index in [1.54, 1.807) is 11.3 Å². The monoisotopic (exact) mass is 314 g/mol. The van der Waals surface area contributed by atoms with Crippen molar-refractivity contribution in [1.29, 1.82) is 0 Å². The maximum atomic E-state index is 9.75. The summed E-state index contributed by atoms with van der Waals surface area (Å²) in [6.07, 6.45) is 0.361. The Kier molecular flexibility index (Phi) is 9.45. The molecule has 0 amide bonds. The van der Waals surface area contributed by atoms with Crippen molar-refractivity contribution in [3.63, 3.8) is 0 Å². The Hall–Kier alpha value is -0.790. The first-order chi connectivity index (χ1) is 10.1. The molecule has 1 atom stereocenters. The fourth-order valence-electron chi connectivity index (χ4n) is 1.67. The number of nitrogens with zero attached hydrogens (tertiary/aromatic N) is 1. The van der Waals surface area contributed by atoms with E-state index >= 15 is 0 Å². The zero-order chi connectivity index (χ0) is 15.5. The van der Waals surface area contributed by atoms with Gasteiger partial charge < -0.3 is 19.9 Å². The predicted octanol–water partition coefficient (Wildman–Crippen LogP) is 1.55. The van der Waals surface area contributed by atoms with Gasteiger partial charge in [0.2, 0.25) is 0 Å². The lowest BCUT2D eigenvalue weighted by Crippen LogP contribution is -2.32. The Bertz CT molecular complexity index is 409. The molecular weight excluding hydrogens is 288 g/mol. The van der Waals surface area contributed by atoms with Gasteiger partial charge in [-0.25, -0.2) is 4.98 Å². The lowest BCUT2D eigenvalue weighted by atomic mass is 10.3. The molecule has 0 aliphatic rings. The summed E-state index contributed by atoms with van der Waals surface area (Å²) in [7, 11) is 0. The summed E-state index contributed by atoms with van der Waals surface area (Å²) in [6, 6.07) is 0. The summed E-state index contributed by atoms with van der Waals surface area (Å²) in [5.41, 5.74) is 3.93. The van der Waals surface area contributed by atoms with E-state index in [4.69, 9.17) is 9.47 Å². The maximum absolute atomic E-state index is 9.75. The fraction of sp³-hybridized carbons (Fsp3) is 0.667. The van der Waals surface area contributed by atoms with E-state index < -0.39 is 6.10 Å². The van der Waals surface area contributed by atoms with Crippen LogP contribution in [0.5, 0.6) is 0 Å². The summed E-state index contributed by atoms with van der Waals surface area (Å²) in [5.74, 6) is 0. The summed E-state index contributed by atoms with van der Waals surface area (Å²) < 4.78 is 10.8. The second-order valence-corrected chi connectivity index (χ2v) is 5.99. The molecular formula is C15H26N2O3S. The van der Waals surface area contributed by atoms with Crippen molar-refractivity contribution >= 4 is 11.3 Å². The summed E-state index contributed by atoms with van der Waals surface area (Å²) >= 11 is 1.65. The Labute approximate surface area is 131 Å². The standard InChI is InChI=1S/C15H26N2O3S/c1-12(2)9-20-7-5-16-8-14(18)10-19-6-4-15-13(3)17-11-21-15/h11,14,16,18H,1,4-10H2,2-3H3. The molecule has 1 unspecified atom stereocenters. The summed E-state index contributed by atoms with van der Waals surface area (Å²) in [6.45, 7) is 11.1. The third-order valence-corrected chi connectivity index (χ3v) is 3.78. The Balaban J connectivity index is 1.93. The molecule has 0 aromatic carbocycles. The topological polar surface area (TPSA) is 63.6 Å². The number of ether oxygens (including phenoxy) is 2. The van der Waals surface area contributed by atoms with Gasteiger partial charge in [-0.1, -0.05) is 12.2 Å². The quantitative estimate of drug-likeness (QED) is 0.453. The first-order valence-electron chi connectivity index (χ1n) is 7.17. The van der Waals surface area contributed by atoms with Crippen molar-refractivity contribution < 1.29 is 14.6 Å². The SMILES string of the molecule is C=C(C)COCCNCC(O)COCCc1scnc1C. The third-order valence-electron chi connectivity index (χ3n) is 2.78. The van der Waals surface area contributed by atoms with Gasteiger partial charge in [-0.15, -0.1) is 11.3 Å². The van der Waals surface area contributed by atoms with Crippen LogP contribution < -0.4 is 5.32 Å². The summed E-state index contributed by atoms with van der Waals surface area (Å²) in [5, 5.41) is 12.9. The fourth-order valence-corrected chi connectivity index (χ4v) is 2.43. The normalized spacial score (nSPS) is 12.5. The highest BCUT2D eigenvalue weighted by Crippen LogP contribution is 2.12. The van der Waals surface area contributed by atoms with Crippen LogP contribution in [-0.2, 0) is 15.9 Å². The Morgan fingerprint density at radius 3 is 2.95 bits per heavy atom. The van der Waals surface area contributed by atoms with Gasteiger partial charge in [0.15, 0.2) is 0 Å². The highest BCUT2D eigenvalue weighted by molar-refractivity contribution is 7.09. The molecule has 0 bridgehead atoms. The second kappa shape index (κ2) is 10.9. The molecule has 0 fully saturated rings. The molecule has 1 rings (SSSR count). The van der Waals surface area contributed by atoms with Gasteiger partial charge in [0, 0.05) is 24.4 Å². The van der Waals surface area contributed by atoms with Crippen molar-refractivity contribution in [3.05, 3.63) is 28.2 Å². The van der Waals surface area contributed by atoms with E-state index in [2.05, 4.69) is 16.9 Å². The Morgan fingerprint density at radius 2 is 2.29 bits per heavy atom. The van der Waals surface area contributed by atoms with Crippen molar-refractivity contribution in [2.45, 2.75) is 26.4 Å². The third kappa shape index (κ3) is 8.95. The minimum absolute atomic E-state index is 0.345. The highest BCUT2D eigenvalue weighted by atomic mass is 32.1. The van der Waals surface area contributed by atoms with E-state index in [9.17, 15) is 5.11 Å². The van der Waals surface area contributed by atoms with Crippen LogP contribution >= 0.6 is 11.3 Å². The van der Waals surface area contributed by atoms with Crippen LogP contribution in [0.2, 0.25) is 0 Å². The van der Waals surface area contributed by atoms with Gasteiger partial charge >= 0.3 is 0 Å². The number of rotatable bonds is 12. The smallest absolute Gasteiger partial charge is 0.0897 e. The van der Waals surface area contributed by atoms with Crippen LogP contribution in [0.4, 0.5) is 0 Å². The van der Waals surface area contributed by atoms with Crippen molar-refractivity contribution in [2.24, 2.45) is 0 Å². The number of thiazole rings is 1. The average molecular weight is 314 g/mol. The predicted molar refractivity (Wildman–Crippen MR) is 85.9 cm³/mol. The van der Waals surface area contributed by atoms with Crippen molar-refractivity contribution in [2.75, 3.05) is 39.5 Å². The van der Waals surface area contributed by atoms with Gasteiger partial charge in [-0.3, -0.25) is 0 Å². The second-order valence-electron chi connectivity index (χ2n) is 5.05. The number of hydrogen-bond acceptors (Lipinski definition) is 6. The van der Waals surface area contributed by atoms with Crippen molar-refractivity contribution in [1.82, 2.24) is 10.3 Å². The molecule has 0 aliphatic heterocycles. The molecule has 0 spiro atoms. The minimum atomic E-state index is -0.492. The molecule has 6 heteroatoms. The van der Waals surface area contributed by atoms with Crippen LogP contribution in [0, 0.1) is 6.92 Å². The molecule has 21 heavy (non-hydrogen) atoms. The highest BCUT2D eigenvalue weighted by Gasteiger charge is 2.05. The number of aliphatic hydroxyl groups is 1. The lowest BCUT2D eigenvalue weighted by molar-refractivity contribution is 0.0374. The first-order valence-corrected chi connectivity index (χ1v) is 8.05. The van der Waals surface area contributed by atoms with Crippen LogP contribution in [0.1, 0.15) is 17.5 Å². The molecule has 0 radical (unpaired) electrons.